The van der Waals surface area contributed by atoms with Gasteiger partial charge in [-0.25, -0.2) is 4.98 Å². The summed E-state index contributed by atoms with van der Waals surface area (Å²) in [5.41, 5.74) is 2.82. The fourth-order valence-corrected chi connectivity index (χ4v) is 3.21. The van der Waals surface area contributed by atoms with Crippen molar-refractivity contribution < 1.29 is 9.53 Å². The molecule has 3 rings (SSSR count). The number of amides is 1. The van der Waals surface area contributed by atoms with Gasteiger partial charge in [0.25, 0.3) is 0 Å². The molecule has 1 amide bonds. The first-order chi connectivity index (χ1) is 13.5. The van der Waals surface area contributed by atoms with Crippen LogP contribution in [0.1, 0.15) is 17.0 Å². The monoisotopic (exact) mass is 414 g/mol. The normalized spacial score (nSPS) is 11.0. The Kier molecular flexibility index (Phi) is 6.73. The van der Waals surface area contributed by atoms with Gasteiger partial charge in [0.05, 0.1) is 18.6 Å². The molecule has 2 N–H and O–H groups in total. The zero-order chi connectivity index (χ0) is 19.9. The highest BCUT2D eigenvalue weighted by Crippen LogP contribution is 2.28. The number of aromatic nitrogens is 3. The van der Waals surface area contributed by atoms with Gasteiger partial charge < -0.3 is 10.1 Å². The van der Waals surface area contributed by atoms with Gasteiger partial charge in [-0.1, -0.05) is 53.7 Å². The predicted octanol–water partition coefficient (Wildman–Crippen LogP) is 4.68. The van der Waals surface area contributed by atoms with Crippen molar-refractivity contribution in [3.8, 4) is 5.75 Å². The van der Waals surface area contributed by atoms with Crippen LogP contribution in [0.15, 0.2) is 47.6 Å². The first kappa shape index (κ1) is 20.0. The summed E-state index contributed by atoms with van der Waals surface area (Å²) in [5.74, 6) is 1.13. The number of hydrogen-bond acceptors (Lipinski definition) is 5. The largest absolute Gasteiger partial charge is 0.495 e. The van der Waals surface area contributed by atoms with Crippen molar-refractivity contribution in [2.75, 3.05) is 18.2 Å². The van der Waals surface area contributed by atoms with Crippen molar-refractivity contribution >= 4 is 47.1 Å². The second-order valence-corrected chi connectivity index (χ2v) is 7.25. The number of methoxy groups -OCH3 is 1. The van der Waals surface area contributed by atoms with Gasteiger partial charge in [-0.2, -0.15) is 0 Å². The Morgan fingerprint density at radius 2 is 2.11 bits per heavy atom. The molecule has 28 heavy (non-hydrogen) atoms. The summed E-state index contributed by atoms with van der Waals surface area (Å²) in [6.07, 6.45) is 3.83. The van der Waals surface area contributed by atoms with E-state index in [-0.39, 0.29) is 11.7 Å². The van der Waals surface area contributed by atoms with E-state index in [0.29, 0.717) is 27.4 Å². The van der Waals surface area contributed by atoms with E-state index in [1.807, 2.05) is 30.4 Å². The first-order valence-corrected chi connectivity index (χ1v) is 9.84. The predicted molar refractivity (Wildman–Crippen MR) is 114 cm³/mol. The average molecular weight is 415 g/mol. The number of benzene rings is 2. The Bertz CT molecular complexity index is 1000. The van der Waals surface area contributed by atoms with E-state index in [1.54, 1.807) is 18.2 Å². The summed E-state index contributed by atoms with van der Waals surface area (Å²) < 4.78 is 5.22. The highest BCUT2D eigenvalue weighted by atomic mass is 35.5. The first-order valence-electron chi connectivity index (χ1n) is 8.47. The molecule has 2 aromatic carbocycles. The third kappa shape index (κ3) is 5.37. The number of aryl methyl sites for hydroxylation is 1. The number of carbonyl (C=O) groups excluding carboxylic acids is 1. The fraction of sp³-hybridized carbons (Fsp3) is 0.150. The minimum Gasteiger partial charge on any atom is -0.495 e. The lowest BCUT2D eigenvalue weighted by Gasteiger charge is -2.09. The van der Waals surface area contributed by atoms with Crippen molar-refractivity contribution in [1.29, 1.82) is 0 Å². The van der Waals surface area contributed by atoms with Gasteiger partial charge >= 0.3 is 0 Å². The Morgan fingerprint density at radius 1 is 1.29 bits per heavy atom. The molecule has 0 unspecified atom stereocenters. The van der Waals surface area contributed by atoms with E-state index >= 15 is 0 Å². The summed E-state index contributed by atoms with van der Waals surface area (Å²) in [4.78, 5) is 16.6. The van der Waals surface area contributed by atoms with Crippen LogP contribution in [0.2, 0.25) is 5.02 Å². The maximum atomic E-state index is 12.2. The van der Waals surface area contributed by atoms with E-state index in [4.69, 9.17) is 16.3 Å². The minimum atomic E-state index is -0.202. The van der Waals surface area contributed by atoms with Gasteiger partial charge in [0.1, 0.15) is 11.6 Å². The number of nitrogens with one attached hydrogen (secondary N) is 2. The molecule has 0 aliphatic heterocycles. The Morgan fingerprint density at radius 3 is 2.89 bits per heavy atom. The average Bonchev–Trinajstić information content (AvgIpc) is 3.14. The lowest BCUT2D eigenvalue weighted by atomic mass is 10.1. The second kappa shape index (κ2) is 9.43. The van der Waals surface area contributed by atoms with E-state index in [2.05, 4.69) is 33.5 Å². The number of halogens is 1. The topological polar surface area (TPSA) is 79.9 Å². The molecule has 0 spiro atoms. The summed E-state index contributed by atoms with van der Waals surface area (Å²) >= 11 is 7.21. The highest BCUT2D eigenvalue weighted by Gasteiger charge is 2.10. The molecule has 1 heterocycles. The maximum Gasteiger partial charge on any atom is 0.234 e. The van der Waals surface area contributed by atoms with Gasteiger partial charge in [0, 0.05) is 5.02 Å². The van der Waals surface area contributed by atoms with Crippen molar-refractivity contribution in [3.05, 3.63) is 64.4 Å². The van der Waals surface area contributed by atoms with E-state index in [9.17, 15) is 4.79 Å². The Hall–Kier alpha value is -2.77. The van der Waals surface area contributed by atoms with Crippen LogP contribution in [-0.4, -0.2) is 34.0 Å². The molecule has 3 aromatic rings. The number of hydrogen-bond donors (Lipinski definition) is 2. The minimum absolute atomic E-state index is 0.161. The smallest absolute Gasteiger partial charge is 0.234 e. The van der Waals surface area contributed by atoms with Gasteiger partial charge in [-0.15, -0.1) is 5.10 Å². The van der Waals surface area contributed by atoms with E-state index in [0.717, 1.165) is 5.56 Å². The van der Waals surface area contributed by atoms with Crippen LogP contribution in [0.4, 0.5) is 5.69 Å². The molecular formula is C20H19ClN4O2S. The third-order valence-electron chi connectivity index (χ3n) is 3.86. The van der Waals surface area contributed by atoms with Gasteiger partial charge in [-0.05, 0) is 42.3 Å². The number of thioether (sulfide) groups is 1. The molecule has 0 aliphatic carbocycles. The number of H-pyrrole nitrogens is 1. The molecule has 0 radical (unpaired) electrons. The molecule has 144 valence electrons. The fourth-order valence-electron chi connectivity index (χ4n) is 2.43. The molecule has 0 saturated heterocycles. The SMILES string of the molecule is COc1ccc(Cl)cc1NC(=O)CSc1n[nH]c(C=Cc2ccccc2C)n1. The molecule has 8 heteroatoms. The molecule has 0 bridgehead atoms. The zero-order valence-electron chi connectivity index (χ0n) is 15.4. The van der Waals surface area contributed by atoms with Crippen molar-refractivity contribution in [2.45, 2.75) is 12.1 Å². The maximum absolute atomic E-state index is 12.2. The lowest BCUT2D eigenvalue weighted by Crippen LogP contribution is -2.14. The lowest BCUT2D eigenvalue weighted by molar-refractivity contribution is -0.113. The van der Waals surface area contributed by atoms with E-state index in [1.165, 1.54) is 24.4 Å². The van der Waals surface area contributed by atoms with Crippen LogP contribution in [0.25, 0.3) is 12.2 Å². The van der Waals surface area contributed by atoms with Gasteiger partial charge in [-0.3, -0.25) is 9.89 Å². The van der Waals surface area contributed by atoms with Gasteiger partial charge in [0.2, 0.25) is 11.1 Å². The molecule has 1 aromatic heterocycles. The number of ether oxygens (including phenoxy) is 1. The van der Waals surface area contributed by atoms with Crippen LogP contribution in [0.5, 0.6) is 5.75 Å². The number of aromatic amines is 1. The highest BCUT2D eigenvalue weighted by molar-refractivity contribution is 7.99. The van der Waals surface area contributed by atoms with E-state index < -0.39 is 0 Å². The Labute approximate surface area is 172 Å². The van der Waals surface area contributed by atoms with Crippen LogP contribution in [-0.2, 0) is 4.79 Å². The van der Waals surface area contributed by atoms with Gasteiger partial charge in [0.15, 0.2) is 0 Å². The molecule has 0 aliphatic rings. The summed E-state index contributed by atoms with van der Waals surface area (Å²) in [6, 6.07) is 13.1. The molecule has 0 fully saturated rings. The van der Waals surface area contributed by atoms with Crippen LogP contribution in [0, 0.1) is 6.92 Å². The summed E-state index contributed by atoms with van der Waals surface area (Å²) in [7, 11) is 1.53. The van der Waals surface area contributed by atoms with Crippen LogP contribution in [0.3, 0.4) is 0 Å². The quantitative estimate of drug-likeness (QED) is 0.549. The third-order valence-corrected chi connectivity index (χ3v) is 4.94. The number of carbonyl (C=O) groups is 1. The number of nitrogens with zero attached hydrogens (tertiary/aromatic N) is 2. The van der Waals surface area contributed by atoms with Crippen LogP contribution < -0.4 is 10.1 Å². The summed E-state index contributed by atoms with van der Waals surface area (Å²) in [5, 5.41) is 10.8. The standard InChI is InChI=1S/C20H19ClN4O2S/c1-13-5-3-4-6-14(13)7-10-18-23-20(25-24-18)28-12-19(26)22-16-11-15(21)8-9-17(16)27-2/h3-11H,12H2,1-2H3,(H,22,26)(H,23,24,25). The van der Waals surface area contributed by atoms with Crippen molar-refractivity contribution in [1.82, 2.24) is 15.2 Å². The number of rotatable bonds is 7. The Balaban J connectivity index is 1.56. The number of anilines is 1. The molecule has 0 atom stereocenters. The second-order valence-electron chi connectivity index (χ2n) is 5.87. The molecule has 6 nitrogen and oxygen atoms in total. The van der Waals surface area contributed by atoms with Crippen molar-refractivity contribution in [3.63, 3.8) is 0 Å². The summed E-state index contributed by atoms with van der Waals surface area (Å²) in [6.45, 7) is 2.05. The van der Waals surface area contributed by atoms with Crippen molar-refractivity contribution in [2.24, 2.45) is 0 Å². The zero-order valence-corrected chi connectivity index (χ0v) is 17.0. The molecule has 0 saturated carbocycles. The van der Waals surface area contributed by atoms with Crippen LogP contribution >= 0.6 is 23.4 Å². The molecular weight excluding hydrogens is 396 g/mol.